The summed E-state index contributed by atoms with van der Waals surface area (Å²) in [6, 6.07) is 0.204. The topological polar surface area (TPSA) is 55.1 Å². The number of alkyl halides is 3. The van der Waals surface area contributed by atoms with Gasteiger partial charge in [0.15, 0.2) is 0 Å². The van der Waals surface area contributed by atoms with Crippen molar-refractivity contribution in [1.29, 1.82) is 0 Å². The molecule has 0 saturated heterocycles. The molecule has 2 bridgehead atoms. The van der Waals surface area contributed by atoms with Gasteiger partial charge in [-0.3, -0.25) is 4.79 Å². The lowest BCUT2D eigenvalue weighted by atomic mass is 9.65. The standard InChI is InChI=1S/C18H29F3N2O/c19-18(20,21)15-7-2-1-4-13(15)10-23-17(24)14-8-11-5-3-6-12(9-14)16(11)22/h11-16H,1-10,22H2,(H,23,24). The van der Waals surface area contributed by atoms with Gasteiger partial charge in [-0.05, 0) is 56.3 Å². The summed E-state index contributed by atoms with van der Waals surface area (Å²) >= 11 is 0. The van der Waals surface area contributed by atoms with Crippen molar-refractivity contribution in [1.82, 2.24) is 5.32 Å². The Labute approximate surface area is 141 Å². The molecule has 24 heavy (non-hydrogen) atoms. The molecule has 0 aliphatic heterocycles. The molecule has 0 spiro atoms. The summed E-state index contributed by atoms with van der Waals surface area (Å²) in [5.41, 5.74) is 6.25. The second-order valence-corrected chi connectivity index (χ2v) is 8.13. The molecule has 0 radical (unpaired) electrons. The first kappa shape index (κ1) is 18.0. The number of carbonyl (C=O) groups excluding carboxylic acids is 1. The first-order chi connectivity index (χ1) is 11.4. The molecule has 3 nitrogen and oxygen atoms in total. The summed E-state index contributed by atoms with van der Waals surface area (Å²) < 4.78 is 39.4. The van der Waals surface area contributed by atoms with Crippen molar-refractivity contribution >= 4 is 5.91 Å². The van der Waals surface area contributed by atoms with Crippen LogP contribution >= 0.6 is 0 Å². The van der Waals surface area contributed by atoms with Gasteiger partial charge >= 0.3 is 6.18 Å². The van der Waals surface area contributed by atoms with Gasteiger partial charge in [-0.15, -0.1) is 0 Å². The molecule has 138 valence electrons. The van der Waals surface area contributed by atoms with E-state index in [0.717, 1.165) is 32.1 Å². The summed E-state index contributed by atoms with van der Waals surface area (Å²) in [5.74, 6) is -1.02. The van der Waals surface area contributed by atoms with Gasteiger partial charge in [0.2, 0.25) is 5.91 Å². The van der Waals surface area contributed by atoms with Crippen molar-refractivity contribution in [2.24, 2.45) is 35.3 Å². The monoisotopic (exact) mass is 346 g/mol. The van der Waals surface area contributed by atoms with E-state index in [1.165, 1.54) is 6.42 Å². The molecule has 0 aromatic heterocycles. The van der Waals surface area contributed by atoms with Gasteiger partial charge in [-0.25, -0.2) is 0 Å². The van der Waals surface area contributed by atoms with E-state index >= 15 is 0 Å². The average Bonchev–Trinajstić information content (AvgIpc) is 2.51. The van der Waals surface area contributed by atoms with Crippen molar-refractivity contribution in [2.75, 3.05) is 6.54 Å². The van der Waals surface area contributed by atoms with Crippen LogP contribution in [0.4, 0.5) is 13.2 Å². The molecule has 4 unspecified atom stereocenters. The zero-order valence-corrected chi connectivity index (χ0v) is 14.2. The summed E-state index contributed by atoms with van der Waals surface area (Å²) in [7, 11) is 0. The molecule has 1 amide bonds. The molecule has 4 atom stereocenters. The van der Waals surface area contributed by atoms with E-state index < -0.39 is 18.0 Å². The van der Waals surface area contributed by atoms with Gasteiger partial charge in [0.25, 0.3) is 0 Å². The minimum atomic E-state index is -4.15. The molecule has 0 heterocycles. The Morgan fingerprint density at radius 1 is 1.00 bits per heavy atom. The first-order valence-corrected chi connectivity index (χ1v) is 9.46. The maximum Gasteiger partial charge on any atom is 0.392 e. The minimum absolute atomic E-state index is 0.0507. The Hall–Kier alpha value is -0.780. The molecule has 0 aromatic rings. The van der Waals surface area contributed by atoms with Gasteiger partial charge in [0.05, 0.1) is 5.92 Å². The van der Waals surface area contributed by atoms with E-state index in [-0.39, 0.29) is 30.8 Å². The van der Waals surface area contributed by atoms with E-state index in [2.05, 4.69) is 5.32 Å². The molecule has 3 fully saturated rings. The Morgan fingerprint density at radius 2 is 1.62 bits per heavy atom. The van der Waals surface area contributed by atoms with Crippen LogP contribution in [0.25, 0.3) is 0 Å². The number of hydrogen-bond acceptors (Lipinski definition) is 2. The summed E-state index contributed by atoms with van der Waals surface area (Å²) in [5, 5.41) is 2.85. The maximum absolute atomic E-state index is 13.1. The lowest BCUT2D eigenvalue weighted by Gasteiger charge is -2.43. The SMILES string of the molecule is NC1C2CCCC1CC(C(=O)NCC1CCCCC1C(F)(F)F)C2. The van der Waals surface area contributed by atoms with Gasteiger partial charge < -0.3 is 11.1 Å². The van der Waals surface area contributed by atoms with Crippen molar-refractivity contribution < 1.29 is 18.0 Å². The molecule has 3 aliphatic carbocycles. The second kappa shape index (κ2) is 7.22. The molecule has 0 aromatic carbocycles. The van der Waals surface area contributed by atoms with Crippen LogP contribution < -0.4 is 11.1 Å². The number of carbonyl (C=O) groups is 1. The van der Waals surface area contributed by atoms with Crippen LogP contribution in [0.2, 0.25) is 0 Å². The summed E-state index contributed by atoms with van der Waals surface area (Å²) in [6.07, 6.45) is 3.04. The predicted octanol–water partition coefficient (Wildman–Crippen LogP) is 3.62. The Morgan fingerprint density at radius 3 is 2.25 bits per heavy atom. The second-order valence-electron chi connectivity index (χ2n) is 8.13. The smallest absolute Gasteiger partial charge is 0.356 e. The quantitative estimate of drug-likeness (QED) is 0.820. The molecular weight excluding hydrogens is 317 g/mol. The van der Waals surface area contributed by atoms with Gasteiger partial charge in [-0.1, -0.05) is 19.3 Å². The highest BCUT2D eigenvalue weighted by molar-refractivity contribution is 5.78. The predicted molar refractivity (Wildman–Crippen MR) is 86.0 cm³/mol. The van der Waals surface area contributed by atoms with E-state index in [1.807, 2.05) is 0 Å². The van der Waals surface area contributed by atoms with Gasteiger partial charge in [0, 0.05) is 18.5 Å². The fourth-order valence-corrected chi connectivity index (χ4v) is 5.26. The van der Waals surface area contributed by atoms with Crippen molar-refractivity contribution in [3.63, 3.8) is 0 Å². The van der Waals surface area contributed by atoms with Crippen LogP contribution in [0.15, 0.2) is 0 Å². The van der Waals surface area contributed by atoms with Crippen molar-refractivity contribution in [2.45, 2.75) is 70.0 Å². The summed E-state index contributed by atoms with van der Waals surface area (Å²) in [4.78, 5) is 12.5. The number of hydrogen-bond donors (Lipinski definition) is 2. The zero-order valence-electron chi connectivity index (χ0n) is 14.2. The van der Waals surface area contributed by atoms with E-state index in [1.54, 1.807) is 0 Å². The van der Waals surface area contributed by atoms with Crippen LogP contribution in [0.5, 0.6) is 0 Å². The van der Waals surface area contributed by atoms with Crippen LogP contribution in [-0.4, -0.2) is 24.7 Å². The van der Waals surface area contributed by atoms with Crippen molar-refractivity contribution in [3.8, 4) is 0 Å². The number of amides is 1. The number of nitrogens with two attached hydrogens (primary N) is 1. The third-order valence-corrected chi connectivity index (χ3v) is 6.65. The molecule has 3 N–H and O–H groups in total. The van der Waals surface area contributed by atoms with Gasteiger partial charge in [0.1, 0.15) is 0 Å². The summed E-state index contributed by atoms with van der Waals surface area (Å²) in [6.45, 7) is 0.168. The Kier molecular flexibility index (Phi) is 5.42. The zero-order chi connectivity index (χ0) is 17.3. The number of halogens is 3. The average molecular weight is 346 g/mol. The lowest BCUT2D eigenvalue weighted by Crippen LogP contribution is -2.50. The van der Waals surface area contributed by atoms with Crippen LogP contribution in [-0.2, 0) is 4.79 Å². The first-order valence-electron chi connectivity index (χ1n) is 9.46. The number of rotatable bonds is 3. The van der Waals surface area contributed by atoms with E-state index in [9.17, 15) is 18.0 Å². The Balaban J connectivity index is 1.53. The highest BCUT2D eigenvalue weighted by atomic mass is 19.4. The molecule has 6 heteroatoms. The fraction of sp³-hybridized carbons (Fsp3) is 0.944. The highest BCUT2D eigenvalue weighted by Gasteiger charge is 2.46. The number of fused-ring (bicyclic) bond motifs is 2. The third kappa shape index (κ3) is 3.89. The van der Waals surface area contributed by atoms with Gasteiger partial charge in [-0.2, -0.15) is 13.2 Å². The van der Waals surface area contributed by atoms with Crippen LogP contribution in [0, 0.1) is 29.6 Å². The largest absolute Gasteiger partial charge is 0.392 e. The molecule has 3 rings (SSSR count). The third-order valence-electron chi connectivity index (χ3n) is 6.65. The minimum Gasteiger partial charge on any atom is -0.356 e. The fourth-order valence-electron chi connectivity index (χ4n) is 5.26. The molecular formula is C18H29F3N2O. The lowest BCUT2D eigenvalue weighted by molar-refractivity contribution is -0.196. The van der Waals surface area contributed by atoms with Crippen molar-refractivity contribution in [3.05, 3.63) is 0 Å². The molecule has 3 saturated carbocycles. The normalized spacial score (nSPS) is 40.2. The molecule has 3 aliphatic rings. The highest BCUT2D eigenvalue weighted by Crippen LogP contribution is 2.43. The van der Waals surface area contributed by atoms with E-state index in [4.69, 9.17) is 5.73 Å². The maximum atomic E-state index is 13.1. The van der Waals surface area contributed by atoms with E-state index in [0.29, 0.717) is 24.7 Å². The Bertz CT molecular complexity index is 440. The van der Waals surface area contributed by atoms with Crippen LogP contribution in [0.1, 0.15) is 57.8 Å². The van der Waals surface area contributed by atoms with Crippen LogP contribution in [0.3, 0.4) is 0 Å². The number of nitrogens with one attached hydrogen (secondary N) is 1.